The minimum Gasteiger partial charge on any atom is -0.0925 e. The predicted octanol–water partition coefficient (Wildman–Crippen LogP) is 4.92. The van der Waals surface area contributed by atoms with Crippen molar-refractivity contribution in [3.63, 3.8) is 0 Å². The van der Waals surface area contributed by atoms with Crippen LogP contribution in [0.25, 0.3) is 0 Å². The molecule has 0 nitrogen and oxygen atoms in total. The Hall–Kier alpha value is -0.270. The third-order valence-corrected chi connectivity index (χ3v) is 3.19. The lowest BCUT2D eigenvalue weighted by Crippen LogP contribution is -1.88. The van der Waals surface area contributed by atoms with E-state index in [9.17, 15) is 0 Å². The smallest absolute Gasteiger partial charge is 0.0435 e. The predicted molar refractivity (Wildman–Crippen MR) is 72.1 cm³/mol. The SMILES string of the molecule is C/C(=C\CCBr)Cc1ccc(Cl)c(C)c1. The first-order chi connectivity index (χ1) is 7.13. The first-order valence-corrected chi connectivity index (χ1v) is 6.60. The zero-order valence-corrected chi connectivity index (χ0v) is 11.5. The Kier molecular flexibility index (Phi) is 5.41. The van der Waals surface area contributed by atoms with E-state index in [2.05, 4.69) is 41.1 Å². The van der Waals surface area contributed by atoms with Gasteiger partial charge in [-0.2, -0.15) is 0 Å². The lowest BCUT2D eigenvalue weighted by Gasteiger charge is -2.04. The molecule has 15 heavy (non-hydrogen) atoms. The Morgan fingerprint density at radius 2 is 2.20 bits per heavy atom. The lowest BCUT2D eigenvalue weighted by atomic mass is 10.0. The first-order valence-electron chi connectivity index (χ1n) is 5.10. The number of allylic oxidation sites excluding steroid dienone is 2. The summed E-state index contributed by atoms with van der Waals surface area (Å²) in [6.07, 6.45) is 4.39. The van der Waals surface area contributed by atoms with Crippen LogP contribution < -0.4 is 0 Å². The fraction of sp³-hybridized carbons (Fsp3) is 0.385. The van der Waals surface area contributed by atoms with Crippen LogP contribution in [0.1, 0.15) is 24.5 Å². The van der Waals surface area contributed by atoms with Gasteiger partial charge in [-0.1, -0.05) is 51.3 Å². The van der Waals surface area contributed by atoms with Gasteiger partial charge in [0.25, 0.3) is 0 Å². The zero-order chi connectivity index (χ0) is 11.3. The Labute approximate surface area is 105 Å². The molecule has 0 N–H and O–H groups in total. The molecule has 0 atom stereocenters. The van der Waals surface area contributed by atoms with Crippen molar-refractivity contribution < 1.29 is 0 Å². The van der Waals surface area contributed by atoms with Crippen molar-refractivity contribution in [1.82, 2.24) is 0 Å². The second-order valence-electron chi connectivity index (χ2n) is 3.79. The summed E-state index contributed by atoms with van der Waals surface area (Å²) in [5, 5.41) is 1.88. The van der Waals surface area contributed by atoms with E-state index in [1.807, 2.05) is 13.0 Å². The van der Waals surface area contributed by atoms with E-state index in [0.717, 1.165) is 28.8 Å². The van der Waals surface area contributed by atoms with Gasteiger partial charge in [-0.15, -0.1) is 0 Å². The number of aryl methyl sites for hydroxylation is 1. The minimum absolute atomic E-state index is 0.848. The number of rotatable bonds is 4. The van der Waals surface area contributed by atoms with Gasteiger partial charge in [0, 0.05) is 10.4 Å². The maximum absolute atomic E-state index is 5.98. The normalized spacial score (nSPS) is 11.9. The van der Waals surface area contributed by atoms with Crippen molar-refractivity contribution in [3.8, 4) is 0 Å². The van der Waals surface area contributed by atoms with Gasteiger partial charge in [0.15, 0.2) is 0 Å². The van der Waals surface area contributed by atoms with E-state index in [4.69, 9.17) is 11.6 Å². The maximum atomic E-state index is 5.98. The summed E-state index contributed by atoms with van der Waals surface area (Å²) >= 11 is 9.40. The van der Waals surface area contributed by atoms with Gasteiger partial charge in [-0.05, 0) is 43.9 Å². The van der Waals surface area contributed by atoms with Crippen molar-refractivity contribution in [2.45, 2.75) is 26.7 Å². The van der Waals surface area contributed by atoms with Crippen molar-refractivity contribution in [2.75, 3.05) is 5.33 Å². The molecular formula is C13H16BrCl. The van der Waals surface area contributed by atoms with Crippen molar-refractivity contribution in [1.29, 1.82) is 0 Å². The molecule has 0 radical (unpaired) electrons. The molecule has 0 spiro atoms. The van der Waals surface area contributed by atoms with Gasteiger partial charge in [-0.25, -0.2) is 0 Å². The third kappa shape index (κ3) is 4.40. The van der Waals surface area contributed by atoms with Gasteiger partial charge in [-0.3, -0.25) is 0 Å². The molecule has 2 heteroatoms. The van der Waals surface area contributed by atoms with E-state index in [-0.39, 0.29) is 0 Å². The van der Waals surface area contributed by atoms with E-state index in [0.29, 0.717) is 0 Å². The van der Waals surface area contributed by atoms with Crippen LogP contribution in [-0.4, -0.2) is 5.33 Å². The standard InChI is InChI=1S/C13H16BrCl/c1-10(4-3-7-14)8-12-5-6-13(15)11(2)9-12/h4-6,9H,3,7-8H2,1-2H3/b10-4+. The highest BCUT2D eigenvalue weighted by Gasteiger charge is 1.98. The highest BCUT2D eigenvalue weighted by molar-refractivity contribution is 9.09. The van der Waals surface area contributed by atoms with Crippen LogP contribution in [0.5, 0.6) is 0 Å². The van der Waals surface area contributed by atoms with Crippen LogP contribution in [0, 0.1) is 6.92 Å². The molecule has 0 heterocycles. The average Bonchev–Trinajstić information content (AvgIpc) is 2.20. The first kappa shape index (κ1) is 12.8. The fourth-order valence-electron chi connectivity index (χ4n) is 1.51. The summed E-state index contributed by atoms with van der Waals surface area (Å²) in [5.41, 5.74) is 3.90. The van der Waals surface area contributed by atoms with Crippen LogP contribution in [0.15, 0.2) is 29.8 Å². The van der Waals surface area contributed by atoms with E-state index in [1.165, 1.54) is 11.1 Å². The van der Waals surface area contributed by atoms with Gasteiger partial charge in [0.2, 0.25) is 0 Å². The number of halogens is 2. The van der Waals surface area contributed by atoms with Crippen LogP contribution in [0.3, 0.4) is 0 Å². The monoisotopic (exact) mass is 286 g/mol. The van der Waals surface area contributed by atoms with Gasteiger partial charge in [0.1, 0.15) is 0 Å². The molecule has 0 bridgehead atoms. The van der Waals surface area contributed by atoms with E-state index >= 15 is 0 Å². The van der Waals surface area contributed by atoms with E-state index < -0.39 is 0 Å². The quantitative estimate of drug-likeness (QED) is 0.544. The molecule has 0 amide bonds. The molecular weight excluding hydrogens is 272 g/mol. The number of benzene rings is 1. The molecule has 0 aliphatic heterocycles. The molecule has 1 aromatic rings. The van der Waals surface area contributed by atoms with Crippen molar-refractivity contribution in [2.24, 2.45) is 0 Å². The summed E-state index contributed by atoms with van der Waals surface area (Å²) < 4.78 is 0. The van der Waals surface area contributed by atoms with Crippen LogP contribution in [0.2, 0.25) is 5.02 Å². The molecule has 0 unspecified atom stereocenters. The zero-order valence-electron chi connectivity index (χ0n) is 9.19. The molecule has 1 aromatic carbocycles. The lowest BCUT2D eigenvalue weighted by molar-refractivity contribution is 1.09. The molecule has 82 valence electrons. The van der Waals surface area contributed by atoms with Gasteiger partial charge in [0.05, 0.1) is 0 Å². The molecule has 0 aliphatic carbocycles. The fourth-order valence-corrected chi connectivity index (χ4v) is 1.86. The third-order valence-electron chi connectivity index (χ3n) is 2.31. The molecule has 0 saturated heterocycles. The minimum atomic E-state index is 0.848. The average molecular weight is 288 g/mol. The van der Waals surface area contributed by atoms with Gasteiger partial charge < -0.3 is 0 Å². The van der Waals surface area contributed by atoms with Crippen LogP contribution in [0.4, 0.5) is 0 Å². The molecule has 0 aromatic heterocycles. The van der Waals surface area contributed by atoms with E-state index in [1.54, 1.807) is 0 Å². The summed E-state index contributed by atoms with van der Waals surface area (Å²) in [5.74, 6) is 0. The van der Waals surface area contributed by atoms with Crippen molar-refractivity contribution in [3.05, 3.63) is 46.0 Å². The highest BCUT2D eigenvalue weighted by atomic mass is 79.9. The van der Waals surface area contributed by atoms with Crippen LogP contribution in [-0.2, 0) is 6.42 Å². The summed E-state index contributed by atoms with van der Waals surface area (Å²) in [4.78, 5) is 0. The summed E-state index contributed by atoms with van der Waals surface area (Å²) in [6, 6.07) is 6.23. The Balaban J connectivity index is 2.68. The maximum Gasteiger partial charge on any atom is 0.0435 e. The Bertz CT molecular complexity index is 356. The largest absolute Gasteiger partial charge is 0.0925 e. The van der Waals surface area contributed by atoms with Crippen LogP contribution >= 0.6 is 27.5 Å². The molecule has 0 saturated carbocycles. The number of alkyl halides is 1. The second-order valence-corrected chi connectivity index (χ2v) is 4.99. The second kappa shape index (κ2) is 6.34. The number of hydrogen-bond donors (Lipinski definition) is 0. The summed E-state index contributed by atoms with van der Waals surface area (Å²) in [7, 11) is 0. The Morgan fingerprint density at radius 1 is 1.47 bits per heavy atom. The molecule has 0 fully saturated rings. The van der Waals surface area contributed by atoms with Crippen molar-refractivity contribution >= 4 is 27.5 Å². The highest BCUT2D eigenvalue weighted by Crippen LogP contribution is 2.18. The molecule has 1 rings (SSSR count). The number of hydrogen-bond acceptors (Lipinski definition) is 0. The topological polar surface area (TPSA) is 0 Å². The molecule has 0 aliphatic rings. The van der Waals surface area contributed by atoms with Gasteiger partial charge >= 0.3 is 0 Å². The summed E-state index contributed by atoms with van der Waals surface area (Å²) in [6.45, 7) is 4.22. The Morgan fingerprint density at radius 3 is 2.80 bits per heavy atom.